The minimum atomic E-state index is 0.885. The van der Waals surface area contributed by atoms with E-state index in [0.29, 0.717) is 0 Å². The van der Waals surface area contributed by atoms with Gasteiger partial charge in [-0.25, -0.2) is 0 Å². The first-order valence-corrected chi connectivity index (χ1v) is 8.10. The van der Waals surface area contributed by atoms with E-state index in [-0.39, 0.29) is 0 Å². The zero-order chi connectivity index (χ0) is 14.5. The van der Waals surface area contributed by atoms with Gasteiger partial charge in [0.1, 0.15) is 0 Å². The number of benzene rings is 1. The number of hydrogen-bond acceptors (Lipinski definition) is 2. The molecule has 3 rings (SSSR count). The van der Waals surface area contributed by atoms with E-state index < -0.39 is 0 Å². The van der Waals surface area contributed by atoms with E-state index >= 15 is 0 Å². The van der Waals surface area contributed by atoms with Crippen LogP contribution in [-0.4, -0.2) is 17.7 Å². The number of nitrogens with zero attached hydrogens (tertiary/aromatic N) is 2. The molecule has 1 N–H and O–H groups in total. The van der Waals surface area contributed by atoms with E-state index in [2.05, 4.69) is 64.3 Å². The van der Waals surface area contributed by atoms with Gasteiger partial charge < -0.3 is 14.8 Å². The molecule has 0 aliphatic carbocycles. The van der Waals surface area contributed by atoms with Crippen LogP contribution in [-0.2, 0) is 13.1 Å². The summed E-state index contributed by atoms with van der Waals surface area (Å²) in [4.78, 5) is 2.48. The third-order valence-corrected chi connectivity index (χ3v) is 4.18. The Morgan fingerprint density at radius 1 is 1.10 bits per heavy atom. The fourth-order valence-electron chi connectivity index (χ4n) is 3.05. The number of anilines is 2. The highest BCUT2D eigenvalue weighted by Gasteiger charge is 2.12. The third-order valence-electron chi connectivity index (χ3n) is 4.18. The van der Waals surface area contributed by atoms with Crippen LogP contribution in [0.25, 0.3) is 0 Å². The molecule has 0 saturated carbocycles. The molecule has 0 atom stereocenters. The van der Waals surface area contributed by atoms with Crippen molar-refractivity contribution in [3.63, 3.8) is 0 Å². The SMILES string of the molecule is CCCn1cccc1CNc1cccc(N2CCCC2)c1. The molecule has 1 saturated heterocycles. The highest BCUT2D eigenvalue weighted by molar-refractivity contribution is 5.58. The van der Waals surface area contributed by atoms with Crippen LogP contribution in [0.15, 0.2) is 42.6 Å². The highest BCUT2D eigenvalue weighted by Crippen LogP contribution is 2.23. The molecule has 3 heteroatoms. The molecule has 2 aromatic rings. The highest BCUT2D eigenvalue weighted by atomic mass is 15.1. The van der Waals surface area contributed by atoms with Gasteiger partial charge in [0, 0.05) is 42.9 Å². The van der Waals surface area contributed by atoms with Crippen LogP contribution < -0.4 is 10.2 Å². The Bertz CT molecular complexity index is 567. The van der Waals surface area contributed by atoms with Crippen molar-refractivity contribution in [2.45, 2.75) is 39.3 Å². The zero-order valence-electron chi connectivity index (χ0n) is 12.9. The maximum absolute atomic E-state index is 3.56. The molecular weight excluding hydrogens is 258 g/mol. The molecule has 0 radical (unpaired) electrons. The molecular formula is C18H25N3. The first-order chi connectivity index (χ1) is 10.4. The summed E-state index contributed by atoms with van der Waals surface area (Å²) in [5.74, 6) is 0. The van der Waals surface area contributed by atoms with Crippen LogP contribution in [0.3, 0.4) is 0 Å². The van der Waals surface area contributed by atoms with Gasteiger partial charge in [-0.1, -0.05) is 13.0 Å². The Morgan fingerprint density at radius 3 is 2.76 bits per heavy atom. The van der Waals surface area contributed by atoms with Crippen molar-refractivity contribution in [3.8, 4) is 0 Å². The lowest BCUT2D eigenvalue weighted by Gasteiger charge is -2.19. The van der Waals surface area contributed by atoms with Crippen molar-refractivity contribution in [1.29, 1.82) is 0 Å². The van der Waals surface area contributed by atoms with Crippen LogP contribution >= 0.6 is 0 Å². The lowest BCUT2D eigenvalue weighted by molar-refractivity contribution is 0.654. The number of nitrogens with one attached hydrogen (secondary N) is 1. The molecule has 21 heavy (non-hydrogen) atoms. The number of hydrogen-bond donors (Lipinski definition) is 1. The standard InChI is InChI=1S/C18H25N3/c1-2-10-20-13-6-9-18(20)15-19-16-7-5-8-17(14-16)21-11-3-4-12-21/h5-9,13-14,19H,2-4,10-12,15H2,1H3. The van der Waals surface area contributed by atoms with Gasteiger partial charge in [0.2, 0.25) is 0 Å². The summed E-state index contributed by atoms with van der Waals surface area (Å²) < 4.78 is 2.33. The lowest BCUT2D eigenvalue weighted by Crippen LogP contribution is -2.17. The summed E-state index contributed by atoms with van der Waals surface area (Å²) in [5, 5.41) is 3.56. The molecule has 3 nitrogen and oxygen atoms in total. The van der Waals surface area contributed by atoms with E-state index in [0.717, 1.165) is 13.1 Å². The van der Waals surface area contributed by atoms with Gasteiger partial charge in [0.15, 0.2) is 0 Å². The van der Waals surface area contributed by atoms with Crippen molar-refractivity contribution < 1.29 is 0 Å². The topological polar surface area (TPSA) is 20.2 Å². The van der Waals surface area contributed by atoms with Crippen LogP contribution in [0.4, 0.5) is 11.4 Å². The van der Waals surface area contributed by atoms with Gasteiger partial charge in [0.25, 0.3) is 0 Å². The third kappa shape index (κ3) is 3.41. The maximum atomic E-state index is 3.56. The molecule has 0 amide bonds. The van der Waals surface area contributed by atoms with Gasteiger partial charge in [-0.3, -0.25) is 0 Å². The van der Waals surface area contributed by atoms with E-state index in [1.165, 1.54) is 49.4 Å². The molecule has 2 heterocycles. The minimum absolute atomic E-state index is 0.885. The quantitative estimate of drug-likeness (QED) is 0.861. The Hall–Kier alpha value is -1.90. The summed E-state index contributed by atoms with van der Waals surface area (Å²) in [6.45, 7) is 6.59. The summed E-state index contributed by atoms with van der Waals surface area (Å²) >= 11 is 0. The van der Waals surface area contributed by atoms with E-state index in [4.69, 9.17) is 0 Å². The van der Waals surface area contributed by atoms with Crippen molar-refractivity contribution in [2.24, 2.45) is 0 Å². The summed E-state index contributed by atoms with van der Waals surface area (Å²) in [5.41, 5.74) is 3.91. The fourth-order valence-corrected chi connectivity index (χ4v) is 3.05. The number of aryl methyl sites for hydroxylation is 1. The predicted octanol–water partition coefficient (Wildman–Crippen LogP) is 4.11. The first kappa shape index (κ1) is 14.1. The summed E-state index contributed by atoms with van der Waals surface area (Å²) in [6, 6.07) is 13.1. The number of rotatable bonds is 6. The average Bonchev–Trinajstić information content (AvgIpc) is 3.18. The Balaban J connectivity index is 1.64. The van der Waals surface area contributed by atoms with Crippen LogP contribution in [0, 0.1) is 0 Å². The van der Waals surface area contributed by atoms with Crippen molar-refractivity contribution in [3.05, 3.63) is 48.3 Å². The van der Waals surface area contributed by atoms with Crippen molar-refractivity contribution >= 4 is 11.4 Å². The Labute approximate surface area is 127 Å². The largest absolute Gasteiger partial charge is 0.379 e. The summed E-state index contributed by atoms with van der Waals surface area (Å²) in [7, 11) is 0. The smallest absolute Gasteiger partial charge is 0.0553 e. The van der Waals surface area contributed by atoms with E-state index in [9.17, 15) is 0 Å². The molecule has 1 aliphatic heterocycles. The molecule has 1 aromatic carbocycles. The van der Waals surface area contributed by atoms with Crippen molar-refractivity contribution in [1.82, 2.24) is 4.57 Å². The second-order valence-electron chi connectivity index (χ2n) is 5.79. The van der Waals surface area contributed by atoms with Gasteiger partial charge in [-0.2, -0.15) is 0 Å². The molecule has 0 unspecified atom stereocenters. The van der Waals surface area contributed by atoms with Gasteiger partial charge >= 0.3 is 0 Å². The summed E-state index contributed by atoms with van der Waals surface area (Å²) in [6.07, 6.45) is 5.98. The van der Waals surface area contributed by atoms with E-state index in [1.54, 1.807) is 0 Å². The zero-order valence-corrected chi connectivity index (χ0v) is 12.9. The molecule has 1 aliphatic rings. The minimum Gasteiger partial charge on any atom is -0.379 e. The second-order valence-corrected chi connectivity index (χ2v) is 5.79. The van der Waals surface area contributed by atoms with Crippen LogP contribution in [0.5, 0.6) is 0 Å². The van der Waals surface area contributed by atoms with Crippen LogP contribution in [0.2, 0.25) is 0 Å². The monoisotopic (exact) mass is 283 g/mol. The normalized spacial score (nSPS) is 14.6. The van der Waals surface area contributed by atoms with Crippen molar-refractivity contribution in [2.75, 3.05) is 23.3 Å². The average molecular weight is 283 g/mol. The lowest BCUT2D eigenvalue weighted by atomic mass is 10.2. The van der Waals surface area contributed by atoms with Gasteiger partial charge in [0.05, 0.1) is 6.54 Å². The molecule has 1 aromatic heterocycles. The van der Waals surface area contributed by atoms with Gasteiger partial charge in [-0.15, -0.1) is 0 Å². The van der Waals surface area contributed by atoms with E-state index in [1.807, 2.05) is 0 Å². The fraction of sp³-hybridized carbons (Fsp3) is 0.444. The van der Waals surface area contributed by atoms with Crippen LogP contribution in [0.1, 0.15) is 31.9 Å². The Kier molecular flexibility index (Phi) is 4.49. The first-order valence-electron chi connectivity index (χ1n) is 8.10. The molecule has 112 valence electrons. The molecule has 0 bridgehead atoms. The predicted molar refractivity (Wildman–Crippen MR) is 89.9 cm³/mol. The molecule has 1 fully saturated rings. The number of aromatic nitrogens is 1. The Morgan fingerprint density at radius 2 is 1.95 bits per heavy atom. The second kappa shape index (κ2) is 6.70. The van der Waals surface area contributed by atoms with Gasteiger partial charge in [-0.05, 0) is 49.6 Å². The maximum Gasteiger partial charge on any atom is 0.0553 e. The molecule has 0 spiro atoms.